The van der Waals surface area contributed by atoms with Crippen molar-refractivity contribution >= 4 is 38.5 Å². The third-order valence-corrected chi connectivity index (χ3v) is 7.54. The number of hydrogen-bond acceptors (Lipinski definition) is 4. The van der Waals surface area contributed by atoms with E-state index in [0.29, 0.717) is 0 Å². The first-order chi connectivity index (χ1) is 16.8. The highest BCUT2D eigenvalue weighted by molar-refractivity contribution is 6.11. The fourth-order valence-electron chi connectivity index (χ4n) is 6.06. The molecule has 2 N–H and O–H groups in total. The normalized spacial score (nSPS) is 19.8. The Morgan fingerprint density at radius 1 is 0.882 bits per heavy atom. The Bertz CT molecular complexity index is 1590. The van der Waals surface area contributed by atoms with Gasteiger partial charge in [0.05, 0.1) is 49.1 Å². The topological polar surface area (TPSA) is 66.2 Å². The summed E-state index contributed by atoms with van der Waals surface area (Å²) in [5, 5.41) is 3.48. The fraction of sp³-hybridized carbons (Fsp3) is 0.250. The van der Waals surface area contributed by atoms with Gasteiger partial charge in [-0.15, -0.1) is 0 Å². The van der Waals surface area contributed by atoms with E-state index >= 15 is 0 Å². The summed E-state index contributed by atoms with van der Waals surface area (Å²) in [5.41, 5.74) is 6.80. The van der Waals surface area contributed by atoms with Crippen LogP contribution in [0.3, 0.4) is 0 Å². The molecule has 0 amide bonds. The number of ether oxygens (including phenoxy) is 2. The minimum absolute atomic E-state index is 0.130. The molecule has 3 aromatic heterocycles. The zero-order valence-corrected chi connectivity index (χ0v) is 19.3. The van der Waals surface area contributed by atoms with Crippen molar-refractivity contribution in [2.24, 2.45) is 0 Å². The molecule has 2 aliphatic heterocycles. The molecule has 170 valence electrons. The van der Waals surface area contributed by atoms with Gasteiger partial charge in [0.15, 0.2) is 0 Å². The van der Waals surface area contributed by atoms with Crippen LogP contribution in [-0.2, 0) is 4.74 Å². The molecule has 0 bridgehead atoms. The lowest BCUT2D eigenvalue weighted by atomic mass is 9.87. The van der Waals surface area contributed by atoms with Crippen LogP contribution in [-0.4, -0.2) is 34.1 Å². The Morgan fingerprint density at radius 2 is 1.62 bits per heavy atom. The van der Waals surface area contributed by atoms with Crippen LogP contribution >= 0.6 is 0 Å². The molecule has 0 aliphatic carbocycles. The Kier molecular flexibility index (Phi) is 4.19. The lowest BCUT2D eigenvalue weighted by Gasteiger charge is -2.44. The van der Waals surface area contributed by atoms with Crippen molar-refractivity contribution in [2.75, 3.05) is 14.2 Å². The van der Waals surface area contributed by atoms with Crippen molar-refractivity contribution in [1.29, 1.82) is 0 Å². The molecular formula is C28H26N4O2. The third kappa shape index (κ3) is 2.59. The van der Waals surface area contributed by atoms with E-state index in [4.69, 9.17) is 14.5 Å². The van der Waals surface area contributed by atoms with Gasteiger partial charge in [-0.2, -0.15) is 0 Å². The average molecular weight is 451 g/mol. The monoisotopic (exact) mass is 450 g/mol. The maximum atomic E-state index is 5.94. The van der Waals surface area contributed by atoms with Crippen molar-refractivity contribution in [3.8, 4) is 5.75 Å². The zero-order chi connectivity index (χ0) is 22.8. The van der Waals surface area contributed by atoms with Gasteiger partial charge in [-0.25, -0.2) is 0 Å². The third-order valence-electron chi connectivity index (χ3n) is 7.54. The van der Waals surface area contributed by atoms with Crippen LogP contribution in [0.2, 0.25) is 0 Å². The zero-order valence-electron chi connectivity index (χ0n) is 19.3. The Labute approximate surface area is 197 Å². The molecule has 1 fully saturated rings. The molecule has 1 saturated heterocycles. The second-order valence-electron chi connectivity index (χ2n) is 9.20. The van der Waals surface area contributed by atoms with Crippen LogP contribution < -0.4 is 4.74 Å². The van der Waals surface area contributed by atoms with Crippen LogP contribution in [0.5, 0.6) is 5.75 Å². The molecule has 6 heteroatoms. The SMILES string of the molecule is COC1=CN2C(CCC[C@H]2c2ncc(OC)c3c2[nH]c2ccccc23)c2[nH]c3ccccc3c21. The maximum absolute atomic E-state index is 5.94. The Hall–Kier alpha value is -3.93. The van der Waals surface area contributed by atoms with Gasteiger partial charge in [0.1, 0.15) is 11.5 Å². The number of hydrogen-bond donors (Lipinski definition) is 2. The molecule has 2 atom stereocenters. The van der Waals surface area contributed by atoms with E-state index in [1.165, 1.54) is 16.6 Å². The van der Waals surface area contributed by atoms with Crippen LogP contribution in [0.15, 0.2) is 60.9 Å². The number of aromatic nitrogens is 3. The summed E-state index contributed by atoms with van der Waals surface area (Å²) in [7, 11) is 3.47. The predicted molar refractivity (Wildman–Crippen MR) is 135 cm³/mol. The van der Waals surface area contributed by atoms with Gasteiger partial charge in [-0.3, -0.25) is 4.98 Å². The van der Waals surface area contributed by atoms with Crippen LogP contribution in [0.4, 0.5) is 0 Å². The number of para-hydroxylation sites is 2. The summed E-state index contributed by atoms with van der Waals surface area (Å²) in [6.07, 6.45) is 7.34. The fourth-order valence-corrected chi connectivity index (χ4v) is 6.06. The van der Waals surface area contributed by atoms with E-state index in [1.807, 2.05) is 6.20 Å². The van der Waals surface area contributed by atoms with E-state index in [2.05, 4.69) is 69.6 Å². The molecule has 2 aliphatic rings. The molecule has 6 nitrogen and oxygen atoms in total. The summed E-state index contributed by atoms with van der Waals surface area (Å²) in [6, 6.07) is 17.3. The van der Waals surface area contributed by atoms with Gasteiger partial charge in [0.25, 0.3) is 0 Å². The number of pyridine rings is 1. The van der Waals surface area contributed by atoms with Crippen LogP contribution in [0, 0.1) is 0 Å². The van der Waals surface area contributed by atoms with Crippen LogP contribution in [0.1, 0.15) is 48.3 Å². The van der Waals surface area contributed by atoms with E-state index < -0.39 is 0 Å². The molecule has 2 aromatic carbocycles. The number of fused-ring (bicyclic) bond motifs is 8. The number of rotatable bonds is 3. The molecule has 0 spiro atoms. The van der Waals surface area contributed by atoms with Gasteiger partial charge < -0.3 is 24.3 Å². The molecule has 34 heavy (non-hydrogen) atoms. The van der Waals surface area contributed by atoms with Crippen molar-refractivity contribution < 1.29 is 9.47 Å². The van der Waals surface area contributed by atoms with Gasteiger partial charge in [0, 0.05) is 39.3 Å². The summed E-state index contributed by atoms with van der Waals surface area (Å²) in [5.74, 6) is 1.70. The highest BCUT2D eigenvalue weighted by atomic mass is 16.5. The number of H-pyrrole nitrogens is 2. The number of piperidine rings is 1. The number of nitrogens with zero attached hydrogens (tertiary/aromatic N) is 2. The summed E-state index contributed by atoms with van der Waals surface area (Å²) >= 11 is 0. The van der Waals surface area contributed by atoms with E-state index in [0.717, 1.165) is 63.8 Å². The molecule has 1 unspecified atom stereocenters. The number of benzene rings is 2. The smallest absolute Gasteiger partial charge is 0.147 e. The number of nitrogens with one attached hydrogen (secondary N) is 2. The highest BCUT2D eigenvalue weighted by Gasteiger charge is 2.39. The van der Waals surface area contributed by atoms with Gasteiger partial charge >= 0.3 is 0 Å². The van der Waals surface area contributed by atoms with Crippen molar-refractivity contribution in [3.05, 3.63) is 77.9 Å². The maximum Gasteiger partial charge on any atom is 0.147 e. The molecule has 7 rings (SSSR count). The first-order valence-electron chi connectivity index (χ1n) is 11.9. The quantitative estimate of drug-likeness (QED) is 0.332. The second-order valence-corrected chi connectivity index (χ2v) is 9.20. The van der Waals surface area contributed by atoms with Gasteiger partial charge in [0.2, 0.25) is 0 Å². The molecule has 0 radical (unpaired) electrons. The summed E-state index contributed by atoms with van der Waals surface area (Å²) in [4.78, 5) is 14.8. The lowest BCUT2D eigenvalue weighted by Crippen LogP contribution is -2.36. The highest BCUT2D eigenvalue weighted by Crippen LogP contribution is 2.50. The number of methoxy groups -OCH3 is 2. The second kappa shape index (κ2) is 7.29. The predicted octanol–water partition coefficient (Wildman–Crippen LogP) is 6.43. The minimum Gasteiger partial charge on any atom is -0.495 e. The van der Waals surface area contributed by atoms with Crippen molar-refractivity contribution in [1.82, 2.24) is 19.9 Å². The van der Waals surface area contributed by atoms with E-state index in [9.17, 15) is 0 Å². The van der Waals surface area contributed by atoms with E-state index in [1.54, 1.807) is 14.2 Å². The largest absolute Gasteiger partial charge is 0.495 e. The molecule has 0 saturated carbocycles. The average Bonchev–Trinajstić information content (AvgIpc) is 3.47. The van der Waals surface area contributed by atoms with Gasteiger partial charge in [-0.1, -0.05) is 36.4 Å². The first kappa shape index (κ1) is 19.5. The lowest BCUT2D eigenvalue weighted by molar-refractivity contribution is 0.128. The molecule has 5 heterocycles. The molecular weight excluding hydrogens is 424 g/mol. The standard InChI is InChI=1S/C28H26N4O2/c1-33-22-14-29-27(28-24(22)16-8-3-6-11-19(16)31-28)21-13-7-12-20-26-25(23(34-2)15-32(20)21)17-9-4-5-10-18(17)30-26/h3-6,8-11,14-15,20-21,30-31H,7,12-13H2,1-2H3/t20?,21-/m0/s1. The summed E-state index contributed by atoms with van der Waals surface area (Å²) < 4.78 is 11.7. The minimum atomic E-state index is 0.130. The van der Waals surface area contributed by atoms with Gasteiger partial charge in [-0.05, 0) is 31.4 Å². The Morgan fingerprint density at radius 3 is 2.41 bits per heavy atom. The van der Waals surface area contributed by atoms with E-state index in [-0.39, 0.29) is 12.1 Å². The van der Waals surface area contributed by atoms with Crippen molar-refractivity contribution in [3.63, 3.8) is 0 Å². The number of aromatic amines is 2. The first-order valence-corrected chi connectivity index (χ1v) is 11.9. The van der Waals surface area contributed by atoms with Crippen LogP contribution in [0.25, 0.3) is 38.5 Å². The van der Waals surface area contributed by atoms with Crippen molar-refractivity contribution in [2.45, 2.75) is 31.3 Å². The summed E-state index contributed by atoms with van der Waals surface area (Å²) in [6.45, 7) is 0. The Balaban J connectivity index is 1.43. The molecule has 5 aromatic rings.